The summed E-state index contributed by atoms with van der Waals surface area (Å²) in [5.74, 6) is 0.821. The van der Waals surface area contributed by atoms with Crippen molar-refractivity contribution in [3.63, 3.8) is 0 Å². The molecule has 0 saturated carbocycles. The molecule has 138 valence electrons. The minimum absolute atomic E-state index is 0.0201. The van der Waals surface area contributed by atoms with Gasteiger partial charge in [0.05, 0.1) is 11.7 Å². The smallest absolute Gasteiger partial charge is 0.241 e. The van der Waals surface area contributed by atoms with Crippen molar-refractivity contribution in [1.29, 1.82) is 0 Å². The Morgan fingerprint density at radius 3 is 2.54 bits per heavy atom. The molecule has 2 fully saturated rings. The molecule has 6 heteroatoms. The van der Waals surface area contributed by atoms with Gasteiger partial charge in [0.15, 0.2) is 5.11 Å². The molecular formula is C18H34N4OS. The lowest BCUT2D eigenvalue weighted by Crippen LogP contribution is -2.60. The molecule has 0 aliphatic carbocycles. The van der Waals surface area contributed by atoms with E-state index in [4.69, 9.17) is 12.2 Å². The molecule has 0 aromatic carbocycles. The summed E-state index contributed by atoms with van der Waals surface area (Å²) in [6, 6.07) is -0.0201. The van der Waals surface area contributed by atoms with Crippen LogP contribution in [0.4, 0.5) is 0 Å². The van der Waals surface area contributed by atoms with Gasteiger partial charge >= 0.3 is 0 Å². The number of amides is 1. The van der Waals surface area contributed by atoms with E-state index in [0.29, 0.717) is 11.8 Å². The summed E-state index contributed by atoms with van der Waals surface area (Å²) in [6.07, 6.45) is 4.89. The van der Waals surface area contributed by atoms with Gasteiger partial charge in [-0.3, -0.25) is 10.1 Å². The third-order valence-electron chi connectivity index (χ3n) is 5.08. The molecule has 2 N–H and O–H groups in total. The zero-order chi connectivity index (χ0) is 17.7. The van der Waals surface area contributed by atoms with Gasteiger partial charge in [-0.25, -0.2) is 0 Å². The molecule has 0 bridgehead atoms. The second-order valence-electron chi connectivity index (χ2n) is 7.57. The third kappa shape index (κ3) is 4.20. The van der Waals surface area contributed by atoms with Crippen LogP contribution in [0.5, 0.6) is 0 Å². The standard InChI is InChI=1S/C18H34N4OS/c1-5-9-19-17(24)21-11-7-18(8-12-21)20-15(13-14(3)4)16(23)22(18)10-6-2/h14-15,20H,5-13H2,1-4H3,(H,19,24)/t15-/m1/s1. The molecular weight excluding hydrogens is 320 g/mol. The SMILES string of the molecule is CCCNC(=S)N1CCC2(CC1)N[C@H](CC(C)C)C(=O)N2CCC. The van der Waals surface area contributed by atoms with E-state index in [0.717, 1.165) is 63.4 Å². The highest BCUT2D eigenvalue weighted by Gasteiger charge is 2.51. The van der Waals surface area contributed by atoms with Crippen LogP contribution in [0.25, 0.3) is 0 Å². The number of likely N-dealkylation sites (tertiary alicyclic amines) is 1. The van der Waals surface area contributed by atoms with Gasteiger partial charge in [0.1, 0.15) is 0 Å². The molecule has 1 atom stereocenters. The van der Waals surface area contributed by atoms with Crippen molar-refractivity contribution in [2.75, 3.05) is 26.2 Å². The van der Waals surface area contributed by atoms with Gasteiger partial charge < -0.3 is 15.1 Å². The van der Waals surface area contributed by atoms with Crippen molar-refractivity contribution in [1.82, 2.24) is 20.4 Å². The number of carbonyl (C=O) groups is 1. The summed E-state index contributed by atoms with van der Waals surface area (Å²) < 4.78 is 0. The fourth-order valence-corrected chi connectivity index (χ4v) is 4.16. The number of carbonyl (C=O) groups excluding carboxylic acids is 1. The van der Waals surface area contributed by atoms with Crippen LogP contribution in [-0.4, -0.2) is 58.7 Å². The zero-order valence-electron chi connectivity index (χ0n) is 15.7. The van der Waals surface area contributed by atoms with E-state index in [-0.39, 0.29) is 11.7 Å². The predicted octanol–water partition coefficient (Wildman–Crippen LogP) is 2.32. The first kappa shape index (κ1) is 19.4. The largest absolute Gasteiger partial charge is 0.363 e. The Hall–Kier alpha value is -0.880. The minimum Gasteiger partial charge on any atom is -0.363 e. The van der Waals surface area contributed by atoms with E-state index in [1.165, 1.54) is 0 Å². The van der Waals surface area contributed by atoms with Crippen LogP contribution in [0.15, 0.2) is 0 Å². The minimum atomic E-state index is -0.163. The summed E-state index contributed by atoms with van der Waals surface area (Å²) >= 11 is 5.50. The average molecular weight is 355 g/mol. The number of rotatable bonds is 6. The fraction of sp³-hybridized carbons (Fsp3) is 0.889. The molecule has 0 unspecified atom stereocenters. The van der Waals surface area contributed by atoms with E-state index in [1.54, 1.807) is 0 Å². The Morgan fingerprint density at radius 2 is 2.00 bits per heavy atom. The molecule has 2 heterocycles. The maximum Gasteiger partial charge on any atom is 0.241 e. The van der Waals surface area contributed by atoms with Gasteiger partial charge in [0.25, 0.3) is 0 Å². The van der Waals surface area contributed by atoms with E-state index in [2.05, 4.69) is 48.1 Å². The monoisotopic (exact) mass is 354 g/mol. The maximum absolute atomic E-state index is 12.9. The molecule has 5 nitrogen and oxygen atoms in total. The number of hydrogen-bond acceptors (Lipinski definition) is 3. The molecule has 0 aromatic heterocycles. The Balaban J connectivity index is 2.03. The average Bonchev–Trinajstić information content (AvgIpc) is 2.78. The highest BCUT2D eigenvalue weighted by atomic mass is 32.1. The first-order valence-corrected chi connectivity index (χ1v) is 9.96. The van der Waals surface area contributed by atoms with Crippen molar-refractivity contribution < 1.29 is 4.79 Å². The van der Waals surface area contributed by atoms with Crippen molar-refractivity contribution in [3.05, 3.63) is 0 Å². The Morgan fingerprint density at radius 1 is 1.33 bits per heavy atom. The molecule has 1 spiro atoms. The summed E-state index contributed by atoms with van der Waals surface area (Å²) in [7, 11) is 0. The number of nitrogens with zero attached hydrogens (tertiary/aromatic N) is 2. The lowest BCUT2D eigenvalue weighted by molar-refractivity contribution is -0.133. The first-order chi connectivity index (χ1) is 11.4. The van der Waals surface area contributed by atoms with Crippen LogP contribution < -0.4 is 10.6 Å². The van der Waals surface area contributed by atoms with Gasteiger partial charge in [-0.1, -0.05) is 27.7 Å². The predicted molar refractivity (Wildman–Crippen MR) is 103 cm³/mol. The van der Waals surface area contributed by atoms with Crippen LogP contribution in [-0.2, 0) is 4.79 Å². The van der Waals surface area contributed by atoms with Crippen LogP contribution in [0, 0.1) is 5.92 Å². The second-order valence-corrected chi connectivity index (χ2v) is 7.95. The number of piperidine rings is 1. The van der Waals surface area contributed by atoms with Crippen LogP contribution >= 0.6 is 12.2 Å². The molecule has 0 aromatic rings. The second kappa shape index (κ2) is 8.48. The van der Waals surface area contributed by atoms with E-state index in [9.17, 15) is 4.79 Å². The van der Waals surface area contributed by atoms with Gasteiger partial charge in [0, 0.05) is 39.0 Å². The van der Waals surface area contributed by atoms with Gasteiger partial charge in [0.2, 0.25) is 5.91 Å². The van der Waals surface area contributed by atoms with Gasteiger partial charge in [-0.05, 0) is 37.4 Å². The molecule has 2 saturated heterocycles. The Kier molecular flexibility index (Phi) is 6.87. The maximum atomic E-state index is 12.9. The topological polar surface area (TPSA) is 47.6 Å². The molecule has 0 radical (unpaired) electrons. The van der Waals surface area contributed by atoms with E-state index >= 15 is 0 Å². The number of nitrogens with one attached hydrogen (secondary N) is 2. The highest BCUT2D eigenvalue weighted by molar-refractivity contribution is 7.80. The van der Waals surface area contributed by atoms with Crippen LogP contribution in [0.3, 0.4) is 0 Å². The Bertz CT molecular complexity index is 446. The molecule has 1 amide bonds. The summed E-state index contributed by atoms with van der Waals surface area (Å²) in [4.78, 5) is 17.2. The van der Waals surface area contributed by atoms with Crippen molar-refractivity contribution in [2.24, 2.45) is 5.92 Å². The lowest BCUT2D eigenvalue weighted by atomic mass is 9.95. The first-order valence-electron chi connectivity index (χ1n) is 9.55. The zero-order valence-corrected chi connectivity index (χ0v) is 16.5. The fourth-order valence-electron chi connectivity index (χ4n) is 3.88. The molecule has 2 aliphatic rings. The Labute approximate surface area is 152 Å². The summed E-state index contributed by atoms with van der Waals surface area (Å²) in [6.45, 7) is 12.3. The van der Waals surface area contributed by atoms with Crippen LogP contribution in [0.1, 0.15) is 59.8 Å². The van der Waals surface area contributed by atoms with Crippen LogP contribution in [0.2, 0.25) is 0 Å². The summed E-state index contributed by atoms with van der Waals surface area (Å²) in [5, 5.41) is 7.89. The van der Waals surface area contributed by atoms with E-state index < -0.39 is 0 Å². The molecule has 2 rings (SSSR count). The molecule has 24 heavy (non-hydrogen) atoms. The third-order valence-corrected chi connectivity index (χ3v) is 5.48. The normalized spacial score (nSPS) is 23.4. The van der Waals surface area contributed by atoms with Crippen molar-refractivity contribution >= 4 is 23.2 Å². The number of thiocarbonyl (C=S) groups is 1. The van der Waals surface area contributed by atoms with Crippen molar-refractivity contribution in [2.45, 2.75) is 71.5 Å². The lowest BCUT2D eigenvalue weighted by Gasteiger charge is -2.45. The van der Waals surface area contributed by atoms with Crippen molar-refractivity contribution in [3.8, 4) is 0 Å². The molecule has 2 aliphatic heterocycles. The highest BCUT2D eigenvalue weighted by Crippen LogP contribution is 2.34. The van der Waals surface area contributed by atoms with Gasteiger partial charge in [-0.15, -0.1) is 0 Å². The number of hydrogen-bond donors (Lipinski definition) is 2. The summed E-state index contributed by atoms with van der Waals surface area (Å²) in [5.41, 5.74) is -0.163. The van der Waals surface area contributed by atoms with E-state index in [1.807, 2.05) is 0 Å². The quantitative estimate of drug-likeness (QED) is 0.717. The van der Waals surface area contributed by atoms with Gasteiger partial charge in [-0.2, -0.15) is 0 Å².